The van der Waals surface area contributed by atoms with E-state index < -0.39 is 42.2 Å². The highest BCUT2D eigenvalue weighted by Gasteiger charge is 2.51. The summed E-state index contributed by atoms with van der Waals surface area (Å²) in [7, 11) is 1.20. The minimum Gasteiger partial charge on any atom is -0.453 e. The van der Waals surface area contributed by atoms with E-state index in [0.717, 1.165) is 44.9 Å². The van der Waals surface area contributed by atoms with Gasteiger partial charge in [0, 0.05) is 18.5 Å². The van der Waals surface area contributed by atoms with E-state index in [2.05, 4.69) is 41.5 Å². The minimum absolute atomic E-state index is 0.0208. The summed E-state index contributed by atoms with van der Waals surface area (Å²) in [6.07, 6.45) is 3.31. The van der Waals surface area contributed by atoms with E-state index in [0.29, 0.717) is 0 Å². The van der Waals surface area contributed by atoms with Gasteiger partial charge in [0.25, 0.3) is 5.91 Å². The fourth-order valence-corrected chi connectivity index (χ4v) is 3.84. The molecule has 1 heterocycles. The SMILES string of the molecule is CC(C)C.CCC(C)(F)F.COC(=O)NCC(=O)N1C2CCC(C2)C1C(=O)NCC(=O)C(=O)NC1CC1. The van der Waals surface area contributed by atoms with Gasteiger partial charge in [-0.15, -0.1) is 0 Å². The summed E-state index contributed by atoms with van der Waals surface area (Å²) in [6.45, 7) is 8.21. The maximum atomic E-state index is 12.6. The molecule has 0 spiro atoms. The zero-order chi connectivity index (χ0) is 28.3. The van der Waals surface area contributed by atoms with Gasteiger partial charge in [-0.05, 0) is 50.9 Å². The van der Waals surface area contributed by atoms with Crippen molar-refractivity contribution in [1.82, 2.24) is 20.9 Å². The first-order chi connectivity index (χ1) is 17.2. The lowest BCUT2D eigenvalue weighted by Crippen LogP contribution is -2.55. The lowest BCUT2D eigenvalue weighted by molar-refractivity contribution is -0.143. The van der Waals surface area contributed by atoms with Gasteiger partial charge in [0.1, 0.15) is 12.6 Å². The highest BCUT2D eigenvalue weighted by molar-refractivity contribution is 6.37. The third-order valence-electron chi connectivity index (χ3n) is 5.92. The Hall–Kier alpha value is -2.79. The van der Waals surface area contributed by atoms with Crippen LogP contribution in [0.2, 0.25) is 0 Å². The maximum absolute atomic E-state index is 12.6. The highest BCUT2D eigenvalue weighted by Crippen LogP contribution is 2.42. The van der Waals surface area contributed by atoms with Crippen LogP contribution < -0.4 is 16.0 Å². The highest BCUT2D eigenvalue weighted by atomic mass is 19.3. The number of alkyl halides is 2. The molecule has 1 aliphatic heterocycles. The number of alkyl carbamates (subject to hydrolysis) is 1. The Morgan fingerprint density at radius 2 is 1.57 bits per heavy atom. The van der Waals surface area contributed by atoms with E-state index in [4.69, 9.17) is 0 Å². The summed E-state index contributed by atoms with van der Waals surface area (Å²) in [5.74, 6) is -3.82. The zero-order valence-corrected chi connectivity index (χ0v) is 22.7. The van der Waals surface area contributed by atoms with Crippen LogP contribution in [0.15, 0.2) is 0 Å². The number of hydrogen-bond donors (Lipinski definition) is 3. The first kappa shape index (κ1) is 32.2. The quantitative estimate of drug-likeness (QED) is 0.411. The molecule has 0 aromatic heterocycles. The van der Waals surface area contributed by atoms with Crippen LogP contribution in [0, 0.1) is 11.8 Å². The first-order valence-corrected chi connectivity index (χ1v) is 12.8. The van der Waals surface area contributed by atoms with Crippen LogP contribution in [0.25, 0.3) is 0 Å². The fourth-order valence-electron chi connectivity index (χ4n) is 3.84. The Kier molecular flexibility index (Phi) is 12.9. The number of fused-ring (bicyclic) bond motifs is 2. The lowest BCUT2D eigenvalue weighted by atomic mass is 9.97. The van der Waals surface area contributed by atoms with E-state index in [9.17, 15) is 32.8 Å². The molecule has 3 rings (SSSR count). The third kappa shape index (κ3) is 11.9. The van der Waals surface area contributed by atoms with Crippen LogP contribution in [-0.2, 0) is 23.9 Å². The number of carbonyl (C=O) groups excluding carboxylic acids is 5. The van der Waals surface area contributed by atoms with Crippen molar-refractivity contribution in [3.63, 3.8) is 0 Å². The number of hydrogen-bond acceptors (Lipinski definition) is 6. The predicted octanol–water partition coefficient (Wildman–Crippen LogP) is 2.40. The van der Waals surface area contributed by atoms with E-state index >= 15 is 0 Å². The van der Waals surface area contributed by atoms with Crippen LogP contribution in [0.3, 0.4) is 0 Å². The summed E-state index contributed by atoms with van der Waals surface area (Å²) in [5, 5.41) is 7.39. The molecular weight excluding hydrogens is 490 g/mol. The van der Waals surface area contributed by atoms with E-state index in [-0.39, 0.29) is 36.9 Å². The Balaban J connectivity index is 0.000000583. The molecule has 0 radical (unpaired) electrons. The van der Waals surface area contributed by atoms with Crippen molar-refractivity contribution in [3.8, 4) is 0 Å². The predicted molar refractivity (Wildman–Crippen MR) is 133 cm³/mol. The number of nitrogens with zero attached hydrogens (tertiary/aromatic N) is 1. The van der Waals surface area contributed by atoms with Crippen molar-refractivity contribution in [2.24, 2.45) is 11.8 Å². The van der Waals surface area contributed by atoms with E-state index in [1.54, 1.807) is 0 Å². The van der Waals surface area contributed by atoms with E-state index in [1.807, 2.05) is 0 Å². The van der Waals surface area contributed by atoms with Gasteiger partial charge in [0.2, 0.25) is 23.5 Å². The van der Waals surface area contributed by atoms with Gasteiger partial charge in [-0.1, -0.05) is 27.7 Å². The number of ketones is 1. The van der Waals surface area contributed by atoms with Crippen LogP contribution in [0.4, 0.5) is 13.6 Å². The lowest BCUT2D eigenvalue weighted by Gasteiger charge is -2.34. The average Bonchev–Trinajstić information content (AvgIpc) is 3.39. The number of nitrogens with one attached hydrogen (secondary N) is 3. The summed E-state index contributed by atoms with van der Waals surface area (Å²) in [4.78, 5) is 61.3. The molecule has 10 nitrogen and oxygen atoms in total. The minimum atomic E-state index is -2.46. The third-order valence-corrected chi connectivity index (χ3v) is 5.92. The summed E-state index contributed by atoms with van der Waals surface area (Å²) < 4.78 is 27.3. The summed E-state index contributed by atoms with van der Waals surface area (Å²) in [5.41, 5.74) is 0. The largest absolute Gasteiger partial charge is 0.453 e. The molecule has 1 saturated heterocycles. The first-order valence-electron chi connectivity index (χ1n) is 12.8. The van der Waals surface area contributed by atoms with Crippen molar-refractivity contribution in [1.29, 1.82) is 0 Å². The monoisotopic (exact) mass is 532 g/mol. The molecule has 2 aliphatic carbocycles. The number of halogens is 2. The van der Waals surface area contributed by atoms with Gasteiger partial charge in [-0.25, -0.2) is 13.6 Å². The van der Waals surface area contributed by atoms with Crippen molar-refractivity contribution in [2.45, 2.75) is 97.2 Å². The smallest absolute Gasteiger partial charge is 0.407 e. The van der Waals surface area contributed by atoms with Gasteiger partial charge in [-0.2, -0.15) is 0 Å². The molecule has 37 heavy (non-hydrogen) atoms. The van der Waals surface area contributed by atoms with Crippen LogP contribution >= 0.6 is 0 Å². The Morgan fingerprint density at radius 1 is 1.00 bits per heavy atom. The molecule has 0 aromatic carbocycles. The Bertz CT molecular complexity index is 811. The number of rotatable bonds is 8. The number of likely N-dealkylation sites (tertiary alicyclic amines) is 1. The van der Waals surface area contributed by atoms with Crippen LogP contribution in [-0.4, -0.2) is 78.7 Å². The van der Waals surface area contributed by atoms with Gasteiger partial charge in [-0.3, -0.25) is 19.2 Å². The average molecular weight is 533 g/mol. The zero-order valence-electron chi connectivity index (χ0n) is 22.7. The van der Waals surface area contributed by atoms with Crippen molar-refractivity contribution in [2.75, 3.05) is 20.2 Å². The van der Waals surface area contributed by atoms with Gasteiger partial charge in [0.15, 0.2) is 0 Å². The number of piperidine rings is 1. The second-order valence-electron chi connectivity index (χ2n) is 10.4. The van der Waals surface area contributed by atoms with Crippen molar-refractivity contribution in [3.05, 3.63) is 0 Å². The van der Waals surface area contributed by atoms with Gasteiger partial charge in [0.05, 0.1) is 13.7 Å². The maximum Gasteiger partial charge on any atom is 0.407 e. The second kappa shape index (κ2) is 14.8. The van der Waals surface area contributed by atoms with Crippen LogP contribution in [0.1, 0.15) is 73.1 Å². The molecule has 2 saturated carbocycles. The number of ether oxygens (including phenoxy) is 1. The van der Waals surface area contributed by atoms with Crippen LogP contribution in [0.5, 0.6) is 0 Å². The number of carbonyl (C=O) groups is 5. The molecule has 3 unspecified atom stereocenters. The van der Waals surface area contributed by atoms with Gasteiger partial charge < -0.3 is 25.6 Å². The summed E-state index contributed by atoms with van der Waals surface area (Å²) in [6, 6.07) is -0.667. The molecule has 212 valence electrons. The normalized spacial score (nSPS) is 21.6. The van der Waals surface area contributed by atoms with Crippen molar-refractivity contribution >= 4 is 29.6 Å². The Morgan fingerprint density at radius 3 is 2.05 bits per heavy atom. The fraction of sp³-hybridized carbons (Fsp3) is 0.800. The number of Topliss-reactive ketones (excluding diaryl/α,β-unsaturated/α-hetero) is 1. The van der Waals surface area contributed by atoms with Gasteiger partial charge >= 0.3 is 6.09 Å². The summed E-state index contributed by atoms with van der Waals surface area (Å²) >= 11 is 0. The molecule has 12 heteroatoms. The van der Waals surface area contributed by atoms with Crippen molar-refractivity contribution < 1.29 is 37.5 Å². The molecule has 3 N–H and O–H groups in total. The molecule has 2 bridgehead atoms. The molecule has 0 aromatic rings. The molecular formula is C25H42F2N4O6. The standard InChI is InChI=1S/C17H24N4O6.C4H8F2.C4H10/c1-27-17(26)19-8-13(23)21-11-5-2-9(6-11)14(21)16(25)18-7-12(22)15(24)20-10-3-4-10;1-3-4(2,5)6;1-4(2)3/h9-11,14H,2-8H2,1H3,(H,18,25)(H,19,26)(H,20,24);3H2,1-2H3;4H,1-3H3. The Labute approximate surface area is 217 Å². The molecule has 3 fully saturated rings. The second-order valence-corrected chi connectivity index (χ2v) is 10.4. The number of methoxy groups -OCH3 is 1. The number of amides is 4. The molecule has 3 atom stereocenters. The van der Waals surface area contributed by atoms with E-state index in [1.165, 1.54) is 18.9 Å². The molecule has 4 amide bonds. The molecule has 3 aliphatic rings. The topological polar surface area (TPSA) is 134 Å².